The van der Waals surface area contributed by atoms with Gasteiger partial charge in [0.1, 0.15) is 5.75 Å². The molecule has 1 fully saturated rings. The van der Waals surface area contributed by atoms with Gasteiger partial charge in [-0.1, -0.05) is 42.8 Å². The first-order valence-electron chi connectivity index (χ1n) is 8.29. The second-order valence-corrected chi connectivity index (χ2v) is 7.24. The van der Waals surface area contributed by atoms with Gasteiger partial charge in [0, 0.05) is 5.02 Å². The Kier molecular flexibility index (Phi) is 6.01. The van der Waals surface area contributed by atoms with Crippen LogP contribution in [0.25, 0.3) is 6.08 Å². The highest BCUT2D eigenvalue weighted by atomic mass is 35.5. The molecular formula is C20H18ClNO3S. The Bertz CT molecular complexity index is 831. The van der Waals surface area contributed by atoms with Crippen molar-refractivity contribution in [3.8, 4) is 5.75 Å². The fourth-order valence-electron chi connectivity index (χ4n) is 2.44. The summed E-state index contributed by atoms with van der Waals surface area (Å²) in [6.45, 7) is 2.96. The van der Waals surface area contributed by atoms with Gasteiger partial charge in [0.15, 0.2) is 0 Å². The number of benzene rings is 2. The lowest BCUT2D eigenvalue weighted by Crippen LogP contribution is -2.27. The molecule has 0 atom stereocenters. The van der Waals surface area contributed by atoms with Crippen molar-refractivity contribution in [2.24, 2.45) is 0 Å². The van der Waals surface area contributed by atoms with Crippen LogP contribution in [0.1, 0.15) is 24.5 Å². The van der Waals surface area contributed by atoms with E-state index in [2.05, 4.69) is 6.92 Å². The molecule has 2 amide bonds. The van der Waals surface area contributed by atoms with Crippen LogP contribution in [0.2, 0.25) is 5.02 Å². The lowest BCUT2D eigenvalue weighted by atomic mass is 10.2. The van der Waals surface area contributed by atoms with E-state index in [1.807, 2.05) is 36.4 Å². The fraction of sp³-hybridized carbons (Fsp3) is 0.200. The van der Waals surface area contributed by atoms with Crippen LogP contribution in [-0.2, 0) is 11.3 Å². The Morgan fingerprint density at radius 1 is 1.08 bits per heavy atom. The maximum absolute atomic E-state index is 12.6. The summed E-state index contributed by atoms with van der Waals surface area (Å²) in [6, 6.07) is 14.6. The molecule has 2 aromatic rings. The number of hydrogen-bond acceptors (Lipinski definition) is 4. The van der Waals surface area contributed by atoms with Gasteiger partial charge in [-0.05, 0) is 59.7 Å². The Hall–Kier alpha value is -2.24. The van der Waals surface area contributed by atoms with Crippen molar-refractivity contribution in [1.29, 1.82) is 0 Å². The zero-order valence-electron chi connectivity index (χ0n) is 14.3. The molecule has 0 unspecified atom stereocenters. The SMILES string of the molecule is CCCOc1ccc(/C=C2\SC(=O)N(Cc3ccc(Cl)cc3)C2=O)cc1. The van der Waals surface area contributed by atoms with E-state index in [1.54, 1.807) is 18.2 Å². The van der Waals surface area contributed by atoms with Crippen LogP contribution in [0.3, 0.4) is 0 Å². The summed E-state index contributed by atoms with van der Waals surface area (Å²) in [6.07, 6.45) is 2.68. The number of nitrogens with zero attached hydrogens (tertiary/aromatic N) is 1. The first kappa shape index (κ1) is 18.5. The summed E-state index contributed by atoms with van der Waals surface area (Å²) in [7, 11) is 0. The molecule has 134 valence electrons. The van der Waals surface area contributed by atoms with Gasteiger partial charge in [-0.3, -0.25) is 14.5 Å². The number of hydrogen-bond donors (Lipinski definition) is 0. The molecule has 3 rings (SSSR count). The molecule has 26 heavy (non-hydrogen) atoms. The molecule has 0 spiro atoms. The first-order chi connectivity index (χ1) is 12.6. The summed E-state index contributed by atoms with van der Waals surface area (Å²) in [5.74, 6) is 0.515. The molecule has 0 saturated carbocycles. The highest BCUT2D eigenvalue weighted by Crippen LogP contribution is 2.33. The van der Waals surface area contributed by atoms with E-state index in [0.717, 1.165) is 35.1 Å². The zero-order chi connectivity index (χ0) is 18.5. The highest BCUT2D eigenvalue weighted by molar-refractivity contribution is 8.18. The zero-order valence-corrected chi connectivity index (χ0v) is 15.8. The molecule has 0 bridgehead atoms. The number of carbonyl (C=O) groups is 2. The summed E-state index contributed by atoms with van der Waals surface area (Å²) in [5, 5.41) is 0.355. The van der Waals surface area contributed by atoms with E-state index in [4.69, 9.17) is 16.3 Å². The number of rotatable bonds is 6. The van der Waals surface area contributed by atoms with E-state index >= 15 is 0 Å². The van der Waals surface area contributed by atoms with Crippen molar-refractivity contribution < 1.29 is 14.3 Å². The third-order valence-electron chi connectivity index (χ3n) is 3.78. The maximum atomic E-state index is 12.6. The van der Waals surface area contributed by atoms with Crippen LogP contribution in [0.4, 0.5) is 4.79 Å². The van der Waals surface area contributed by atoms with Crippen molar-refractivity contribution in [2.75, 3.05) is 6.61 Å². The van der Waals surface area contributed by atoms with Crippen LogP contribution in [0.5, 0.6) is 5.75 Å². The number of thioether (sulfide) groups is 1. The number of imide groups is 1. The van der Waals surface area contributed by atoms with E-state index in [1.165, 1.54) is 4.90 Å². The van der Waals surface area contributed by atoms with Crippen LogP contribution in [0.15, 0.2) is 53.4 Å². The van der Waals surface area contributed by atoms with Crippen molar-refractivity contribution >= 4 is 40.6 Å². The smallest absolute Gasteiger partial charge is 0.293 e. The van der Waals surface area contributed by atoms with Crippen LogP contribution in [0, 0.1) is 0 Å². The van der Waals surface area contributed by atoms with Gasteiger partial charge in [0.05, 0.1) is 18.1 Å². The van der Waals surface area contributed by atoms with Crippen LogP contribution in [-0.4, -0.2) is 22.7 Å². The maximum Gasteiger partial charge on any atom is 0.293 e. The molecule has 0 N–H and O–H groups in total. The molecule has 1 aliphatic rings. The summed E-state index contributed by atoms with van der Waals surface area (Å²) < 4.78 is 5.55. The lowest BCUT2D eigenvalue weighted by Gasteiger charge is -2.12. The largest absolute Gasteiger partial charge is 0.494 e. The van der Waals surface area contributed by atoms with Gasteiger partial charge < -0.3 is 4.74 Å². The lowest BCUT2D eigenvalue weighted by molar-refractivity contribution is -0.123. The van der Waals surface area contributed by atoms with E-state index in [9.17, 15) is 9.59 Å². The van der Waals surface area contributed by atoms with E-state index in [-0.39, 0.29) is 17.7 Å². The fourth-order valence-corrected chi connectivity index (χ4v) is 3.40. The quantitative estimate of drug-likeness (QED) is 0.625. The summed E-state index contributed by atoms with van der Waals surface area (Å²) in [4.78, 5) is 26.4. The van der Waals surface area contributed by atoms with Crippen molar-refractivity contribution in [3.63, 3.8) is 0 Å². The normalized spacial score (nSPS) is 15.8. The molecule has 1 aliphatic heterocycles. The third-order valence-corrected chi connectivity index (χ3v) is 4.94. The minimum absolute atomic E-state index is 0.239. The predicted molar refractivity (Wildman–Crippen MR) is 105 cm³/mol. The van der Waals surface area contributed by atoms with Gasteiger partial charge >= 0.3 is 0 Å². The molecule has 1 saturated heterocycles. The molecular weight excluding hydrogens is 370 g/mol. The second kappa shape index (κ2) is 8.43. The van der Waals surface area contributed by atoms with Gasteiger partial charge in [0.25, 0.3) is 11.1 Å². The monoisotopic (exact) mass is 387 g/mol. The topological polar surface area (TPSA) is 46.6 Å². The Morgan fingerprint density at radius 2 is 1.77 bits per heavy atom. The second-order valence-electron chi connectivity index (χ2n) is 5.81. The van der Waals surface area contributed by atoms with Gasteiger partial charge in [-0.2, -0.15) is 0 Å². The minimum atomic E-state index is -0.277. The van der Waals surface area contributed by atoms with E-state index < -0.39 is 0 Å². The third kappa shape index (κ3) is 4.48. The Morgan fingerprint density at radius 3 is 2.42 bits per heavy atom. The van der Waals surface area contributed by atoms with Gasteiger partial charge in [-0.15, -0.1) is 0 Å². The van der Waals surface area contributed by atoms with Crippen LogP contribution >= 0.6 is 23.4 Å². The average Bonchev–Trinajstić information content (AvgIpc) is 2.90. The van der Waals surface area contributed by atoms with Crippen LogP contribution < -0.4 is 4.74 Å². The van der Waals surface area contributed by atoms with E-state index in [0.29, 0.717) is 16.5 Å². The highest BCUT2D eigenvalue weighted by Gasteiger charge is 2.34. The molecule has 0 radical (unpaired) electrons. The van der Waals surface area contributed by atoms with Crippen molar-refractivity contribution in [1.82, 2.24) is 4.90 Å². The van der Waals surface area contributed by atoms with Gasteiger partial charge in [-0.25, -0.2) is 0 Å². The first-order valence-corrected chi connectivity index (χ1v) is 9.49. The predicted octanol–water partition coefficient (Wildman–Crippen LogP) is 5.37. The number of carbonyl (C=O) groups excluding carboxylic acids is 2. The van der Waals surface area contributed by atoms with Gasteiger partial charge in [0.2, 0.25) is 0 Å². The number of amides is 2. The standard InChI is InChI=1S/C20H18ClNO3S/c1-2-11-25-17-9-5-14(6-10-17)12-18-19(23)22(20(24)26-18)13-15-3-7-16(21)8-4-15/h3-10,12H,2,11,13H2,1H3/b18-12-. The Labute approximate surface area is 161 Å². The van der Waals surface area contributed by atoms with Crippen molar-refractivity contribution in [2.45, 2.75) is 19.9 Å². The molecule has 0 aliphatic carbocycles. The summed E-state index contributed by atoms with van der Waals surface area (Å²) in [5.41, 5.74) is 1.71. The molecule has 0 aromatic heterocycles. The molecule has 2 aromatic carbocycles. The minimum Gasteiger partial charge on any atom is -0.494 e. The molecule has 1 heterocycles. The Balaban J connectivity index is 1.71. The molecule has 6 heteroatoms. The average molecular weight is 388 g/mol. The summed E-state index contributed by atoms with van der Waals surface area (Å²) >= 11 is 6.83. The number of halogens is 1. The number of ether oxygens (including phenoxy) is 1. The van der Waals surface area contributed by atoms with Crippen molar-refractivity contribution in [3.05, 3.63) is 69.6 Å². The molecule has 4 nitrogen and oxygen atoms in total.